The Morgan fingerprint density at radius 1 is 1.40 bits per heavy atom. The van der Waals surface area contributed by atoms with Crippen LogP contribution in [0.4, 0.5) is 0 Å². The van der Waals surface area contributed by atoms with E-state index >= 15 is 0 Å². The number of thiophene rings is 1. The Labute approximate surface area is 125 Å². The fraction of sp³-hybridized carbons (Fsp3) is 0.286. The molecule has 3 aromatic heterocycles. The molecule has 2 N–H and O–H groups in total. The van der Waals surface area contributed by atoms with Crippen molar-refractivity contribution in [2.75, 3.05) is 0 Å². The average molecular weight is 304 g/mol. The molecule has 0 spiro atoms. The van der Waals surface area contributed by atoms with E-state index in [0.717, 1.165) is 22.9 Å². The molecule has 0 saturated heterocycles. The molecule has 0 aliphatic carbocycles. The molecule has 0 aliphatic rings. The molecule has 6 heteroatoms. The van der Waals surface area contributed by atoms with E-state index in [2.05, 4.69) is 50.3 Å². The van der Waals surface area contributed by atoms with Crippen LogP contribution in [0.25, 0.3) is 10.6 Å². The van der Waals surface area contributed by atoms with Crippen LogP contribution in [0.1, 0.15) is 29.2 Å². The quantitative estimate of drug-likeness (QED) is 0.754. The number of H-pyrrole nitrogens is 1. The number of nitrogens with one attached hydrogen (secondary N) is 2. The minimum Gasteiger partial charge on any atom is -0.304 e. The third-order valence-electron chi connectivity index (χ3n) is 3.09. The summed E-state index contributed by atoms with van der Waals surface area (Å²) in [6.07, 6.45) is 1.89. The van der Waals surface area contributed by atoms with Gasteiger partial charge in [0.15, 0.2) is 0 Å². The van der Waals surface area contributed by atoms with E-state index in [0.29, 0.717) is 0 Å². The van der Waals surface area contributed by atoms with Crippen molar-refractivity contribution in [1.29, 1.82) is 0 Å². The van der Waals surface area contributed by atoms with Crippen LogP contribution in [0, 0.1) is 6.92 Å². The third-order valence-corrected chi connectivity index (χ3v) is 5.12. The first-order valence-electron chi connectivity index (χ1n) is 6.45. The van der Waals surface area contributed by atoms with E-state index in [-0.39, 0.29) is 6.04 Å². The van der Waals surface area contributed by atoms with E-state index in [4.69, 9.17) is 0 Å². The predicted octanol–water partition coefficient (Wildman–Crippen LogP) is 3.75. The Bertz CT molecular complexity index is 669. The fourth-order valence-electron chi connectivity index (χ4n) is 2.00. The molecule has 20 heavy (non-hydrogen) atoms. The number of nitrogens with zero attached hydrogens (tertiary/aromatic N) is 2. The van der Waals surface area contributed by atoms with Crippen molar-refractivity contribution in [3.8, 4) is 10.6 Å². The molecule has 104 valence electrons. The zero-order chi connectivity index (χ0) is 13.9. The first-order valence-corrected chi connectivity index (χ1v) is 8.21. The minimum absolute atomic E-state index is 0.250. The number of hydrogen-bond donors (Lipinski definition) is 2. The molecule has 3 rings (SSSR count). The molecule has 0 amide bonds. The lowest BCUT2D eigenvalue weighted by atomic mass is 10.2. The number of aromatic amines is 1. The monoisotopic (exact) mass is 304 g/mol. The van der Waals surface area contributed by atoms with Gasteiger partial charge in [-0.05, 0) is 25.3 Å². The molecule has 0 aliphatic heterocycles. The molecule has 3 heterocycles. The zero-order valence-corrected chi connectivity index (χ0v) is 13.0. The molecule has 0 bridgehead atoms. The summed E-state index contributed by atoms with van der Waals surface area (Å²) in [5.41, 5.74) is 3.38. The topological polar surface area (TPSA) is 53.6 Å². The van der Waals surface area contributed by atoms with E-state index in [9.17, 15) is 0 Å². The van der Waals surface area contributed by atoms with Gasteiger partial charge < -0.3 is 5.32 Å². The SMILES string of the molecule is Cc1csc(C(C)NCc2cn[nH]c2-c2cccs2)n1. The molecule has 3 aromatic rings. The normalized spacial score (nSPS) is 12.7. The van der Waals surface area contributed by atoms with Gasteiger partial charge in [-0.25, -0.2) is 4.98 Å². The van der Waals surface area contributed by atoms with Crippen LogP contribution in [0.15, 0.2) is 29.1 Å². The van der Waals surface area contributed by atoms with E-state index < -0.39 is 0 Å². The summed E-state index contributed by atoms with van der Waals surface area (Å²) in [5.74, 6) is 0. The van der Waals surface area contributed by atoms with Gasteiger partial charge in [0, 0.05) is 23.2 Å². The van der Waals surface area contributed by atoms with Crippen molar-refractivity contribution in [3.63, 3.8) is 0 Å². The lowest BCUT2D eigenvalue weighted by molar-refractivity contribution is 0.572. The maximum absolute atomic E-state index is 4.52. The second kappa shape index (κ2) is 5.87. The van der Waals surface area contributed by atoms with Crippen molar-refractivity contribution in [3.05, 3.63) is 45.4 Å². The molecule has 0 radical (unpaired) electrons. The maximum Gasteiger partial charge on any atom is 0.110 e. The van der Waals surface area contributed by atoms with E-state index in [1.165, 1.54) is 10.4 Å². The van der Waals surface area contributed by atoms with Crippen LogP contribution < -0.4 is 5.32 Å². The molecular weight excluding hydrogens is 288 g/mol. The van der Waals surface area contributed by atoms with Crippen molar-refractivity contribution >= 4 is 22.7 Å². The highest BCUT2D eigenvalue weighted by Gasteiger charge is 2.12. The highest BCUT2D eigenvalue weighted by Crippen LogP contribution is 2.26. The third kappa shape index (κ3) is 2.82. The summed E-state index contributed by atoms with van der Waals surface area (Å²) in [6.45, 7) is 4.95. The Hall–Kier alpha value is -1.50. The maximum atomic E-state index is 4.52. The second-order valence-electron chi connectivity index (χ2n) is 4.68. The second-order valence-corrected chi connectivity index (χ2v) is 6.51. The van der Waals surface area contributed by atoms with Gasteiger partial charge in [-0.2, -0.15) is 5.10 Å². The summed E-state index contributed by atoms with van der Waals surface area (Å²) in [6, 6.07) is 4.41. The molecule has 4 nitrogen and oxygen atoms in total. The van der Waals surface area contributed by atoms with Crippen LogP contribution in [-0.4, -0.2) is 15.2 Å². The molecule has 0 aromatic carbocycles. The lowest BCUT2D eigenvalue weighted by Crippen LogP contribution is -2.18. The lowest BCUT2D eigenvalue weighted by Gasteiger charge is -2.10. The highest BCUT2D eigenvalue weighted by molar-refractivity contribution is 7.13. The van der Waals surface area contributed by atoms with Gasteiger partial charge in [0.25, 0.3) is 0 Å². The molecule has 0 saturated carbocycles. The number of thiazole rings is 1. The molecular formula is C14H16N4S2. The Balaban J connectivity index is 1.69. The predicted molar refractivity (Wildman–Crippen MR) is 84.0 cm³/mol. The van der Waals surface area contributed by atoms with Crippen LogP contribution in [-0.2, 0) is 6.54 Å². The summed E-state index contributed by atoms with van der Waals surface area (Å²) < 4.78 is 0. The smallest absolute Gasteiger partial charge is 0.110 e. The minimum atomic E-state index is 0.250. The van der Waals surface area contributed by atoms with Crippen molar-refractivity contribution < 1.29 is 0 Å². The first-order chi connectivity index (χ1) is 9.74. The van der Waals surface area contributed by atoms with E-state index in [1.54, 1.807) is 22.7 Å². The van der Waals surface area contributed by atoms with Crippen molar-refractivity contribution in [2.24, 2.45) is 0 Å². The van der Waals surface area contributed by atoms with Gasteiger partial charge in [-0.1, -0.05) is 6.07 Å². The average Bonchev–Trinajstić information content (AvgIpc) is 3.16. The molecule has 1 unspecified atom stereocenters. The van der Waals surface area contributed by atoms with E-state index in [1.807, 2.05) is 13.1 Å². The van der Waals surface area contributed by atoms with Crippen molar-refractivity contribution in [1.82, 2.24) is 20.5 Å². The Kier molecular flexibility index (Phi) is 3.95. The summed E-state index contributed by atoms with van der Waals surface area (Å²) >= 11 is 3.42. The van der Waals surface area contributed by atoms with Crippen LogP contribution in [0.2, 0.25) is 0 Å². The number of hydrogen-bond acceptors (Lipinski definition) is 5. The summed E-state index contributed by atoms with van der Waals surface area (Å²) in [4.78, 5) is 5.74. The summed E-state index contributed by atoms with van der Waals surface area (Å²) in [5, 5.41) is 16.0. The first kappa shape index (κ1) is 13.5. The van der Waals surface area contributed by atoms with Gasteiger partial charge in [-0.3, -0.25) is 5.10 Å². The van der Waals surface area contributed by atoms with Gasteiger partial charge in [0.1, 0.15) is 5.01 Å². The van der Waals surface area contributed by atoms with Crippen LogP contribution in [0.3, 0.4) is 0 Å². The fourth-order valence-corrected chi connectivity index (χ4v) is 3.58. The standard InChI is InChI=1S/C14H16N4S2/c1-9-8-20-14(17-9)10(2)15-6-11-7-16-18-13(11)12-4-3-5-19-12/h3-5,7-8,10,15H,6H2,1-2H3,(H,16,18). The molecule has 0 fully saturated rings. The summed E-state index contributed by atoms with van der Waals surface area (Å²) in [7, 11) is 0. The van der Waals surface area contributed by atoms with Gasteiger partial charge in [-0.15, -0.1) is 22.7 Å². The number of aromatic nitrogens is 3. The zero-order valence-electron chi connectivity index (χ0n) is 11.4. The largest absolute Gasteiger partial charge is 0.304 e. The van der Waals surface area contributed by atoms with Gasteiger partial charge >= 0.3 is 0 Å². The highest BCUT2D eigenvalue weighted by atomic mass is 32.1. The number of aryl methyl sites for hydroxylation is 1. The van der Waals surface area contributed by atoms with Gasteiger partial charge in [0.05, 0.1) is 22.8 Å². The van der Waals surface area contributed by atoms with Crippen LogP contribution in [0.5, 0.6) is 0 Å². The Morgan fingerprint density at radius 3 is 3.00 bits per heavy atom. The Morgan fingerprint density at radius 2 is 2.30 bits per heavy atom. The van der Waals surface area contributed by atoms with Gasteiger partial charge in [0.2, 0.25) is 0 Å². The van der Waals surface area contributed by atoms with Crippen molar-refractivity contribution in [2.45, 2.75) is 26.4 Å². The number of rotatable bonds is 5. The van der Waals surface area contributed by atoms with Crippen LogP contribution >= 0.6 is 22.7 Å². The molecule has 1 atom stereocenters.